The molecule has 0 aromatic rings. The predicted octanol–water partition coefficient (Wildman–Crippen LogP) is 5.46. The Hall–Kier alpha value is -2.44. The molecule has 2 saturated heterocycles. The molecule has 2 aliphatic heterocycles. The molecule has 2 rings (SSSR count). The minimum atomic E-state index is -1.15. The zero-order valence-corrected chi connectivity index (χ0v) is 31.8. The third kappa shape index (κ3) is 14.1. The van der Waals surface area contributed by atoms with Crippen LogP contribution in [-0.2, 0) is 23.8 Å². The molecule has 10 heteroatoms. The molecule has 0 aromatic heterocycles. The third-order valence-corrected chi connectivity index (χ3v) is 10.6. The topological polar surface area (TPSA) is 163 Å². The van der Waals surface area contributed by atoms with Crippen LogP contribution in [0.1, 0.15) is 106 Å². The first-order chi connectivity index (χ1) is 24.0. The lowest BCUT2D eigenvalue weighted by atomic mass is 9.84. The molecule has 0 amide bonds. The van der Waals surface area contributed by atoms with Gasteiger partial charge >= 0.3 is 5.97 Å². The van der Waals surface area contributed by atoms with Gasteiger partial charge in [-0.3, -0.25) is 9.59 Å². The SMILES string of the molecule is C=C[C@H](O)[C@@H](O)[C@H]1C[C@@H](C)[C@H](CC(=O)O[C@@H](/C=C/C=C(\C)[C@@H](O)C(=C)CCCC)[C@@H]2CC[C@H](CC(=O)CC[C@H](O)[C@H](C)[C@H](O)[C@@H](C)C(=C)C)O2)O1. The molecular weight excluding hydrogens is 652 g/mol. The van der Waals surface area contributed by atoms with Crippen LogP contribution in [0.2, 0.25) is 0 Å². The number of esters is 1. The number of carbonyl (C=O) groups excluding carboxylic acids is 2. The van der Waals surface area contributed by atoms with E-state index in [2.05, 4.69) is 26.7 Å². The molecule has 2 fully saturated rings. The zero-order valence-electron chi connectivity index (χ0n) is 31.8. The summed E-state index contributed by atoms with van der Waals surface area (Å²) in [5.74, 6) is -1.22. The summed E-state index contributed by atoms with van der Waals surface area (Å²) in [6.07, 6.45) is 3.72. The maximum atomic E-state index is 13.3. The van der Waals surface area contributed by atoms with Crippen molar-refractivity contribution in [2.45, 2.75) is 167 Å². The lowest BCUT2D eigenvalue weighted by Gasteiger charge is -2.28. The first-order valence-corrected chi connectivity index (χ1v) is 18.7. The van der Waals surface area contributed by atoms with Gasteiger partial charge in [-0.15, -0.1) is 6.58 Å². The monoisotopic (exact) mass is 718 g/mol. The molecule has 0 aromatic carbocycles. The summed E-state index contributed by atoms with van der Waals surface area (Å²) in [6.45, 7) is 22.7. The quantitative estimate of drug-likeness (QED) is 0.0521. The van der Waals surface area contributed by atoms with Crippen molar-refractivity contribution in [2.24, 2.45) is 17.8 Å². The number of hydrogen-bond donors (Lipinski definition) is 5. The smallest absolute Gasteiger partial charge is 0.309 e. The maximum absolute atomic E-state index is 13.3. The second kappa shape index (κ2) is 21.9. The summed E-state index contributed by atoms with van der Waals surface area (Å²) in [5, 5.41) is 52.3. The minimum Gasteiger partial charge on any atom is -0.455 e. The number of ketones is 1. The van der Waals surface area contributed by atoms with E-state index >= 15 is 0 Å². The number of aliphatic hydroxyl groups excluding tert-OH is 5. The molecule has 0 spiro atoms. The highest BCUT2D eigenvalue weighted by Crippen LogP contribution is 2.33. The zero-order chi connectivity index (χ0) is 38.4. The highest BCUT2D eigenvalue weighted by Gasteiger charge is 2.40. The van der Waals surface area contributed by atoms with Crippen molar-refractivity contribution in [1.29, 1.82) is 0 Å². The van der Waals surface area contributed by atoms with Gasteiger partial charge in [0.05, 0.1) is 49.1 Å². The number of allylic oxidation sites excluding steroid dienone is 2. The van der Waals surface area contributed by atoms with Crippen molar-refractivity contribution in [1.82, 2.24) is 0 Å². The fraction of sp³-hybridized carbons (Fsp3) is 0.707. The van der Waals surface area contributed by atoms with E-state index in [9.17, 15) is 35.1 Å². The lowest BCUT2D eigenvalue weighted by molar-refractivity contribution is -0.158. The fourth-order valence-corrected chi connectivity index (χ4v) is 6.66. The number of Topliss-reactive ketones (excluding diaryl/α,β-unsaturated/α-hetero) is 1. The van der Waals surface area contributed by atoms with Crippen molar-refractivity contribution in [3.8, 4) is 0 Å². The number of ether oxygens (including phenoxy) is 3. The van der Waals surface area contributed by atoms with Crippen molar-refractivity contribution < 1.29 is 49.3 Å². The second-order valence-corrected chi connectivity index (χ2v) is 15.0. The van der Waals surface area contributed by atoms with Crippen LogP contribution < -0.4 is 0 Å². The van der Waals surface area contributed by atoms with Gasteiger partial charge in [0.15, 0.2) is 0 Å². The summed E-state index contributed by atoms with van der Waals surface area (Å²) < 4.78 is 18.2. The number of hydrogen-bond acceptors (Lipinski definition) is 10. The van der Waals surface area contributed by atoms with E-state index < -0.39 is 66.8 Å². The molecule has 51 heavy (non-hydrogen) atoms. The van der Waals surface area contributed by atoms with Gasteiger partial charge in [0, 0.05) is 24.7 Å². The molecule has 5 N–H and O–H groups in total. The molecule has 0 radical (unpaired) electrons. The summed E-state index contributed by atoms with van der Waals surface area (Å²) in [7, 11) is 0. The lowest BCUT2D eigenvalue weighted by Crippen LogP contribution is -2.36. The minimum absolute atomic E-state index is 0.0556. The molecule has 0 unspecified atom stereocenters. The Morgan fingerprint density at radius 2 is 1.67 bits per heavy atom. The van der Waals surface area contributed by atoms with Gasteiger partial charge < -0.3 is 39.7 Å². The Kier molecular flexibility index (Phi) is 19.2. The van der Waals surface area contributed by atoms with Crippen molar-refractivity contribution in [3.63, 3.8) is 0 Å². The van der Waals surface area contributed by atoms with Gasteiger partial charge in [0.25, 0.3) is 0 Å². The average molecular weight is 719 g/mol. The molecule has 10 nitrogen and oxygen atoms in total. The van der Waals surface area contributed by atoms with E-state index in [0.717, 1.165) is 30.4 Å². The van der Waals surface area contributed by atoms with Crippen LogP contribution in [0.5, 0.6) is 0 Å². The van der Waals surface area contributed by atoms with E-state index in [1.807, 2.05) is 27.7 Å². The van der Waals surface area contributed by atoms with Crippen LogP contribution in [0, 0.1) is 17.8 Å². The molecule has 0 saturated carbocycles. The fourth-order valence-electron chi connectivity index (χ4n) is 6.66. The summed E-state index contributed by atoms with van der Waals surface area (Å²) in [5.41, 5.74) is 2.27. The Balaban J connectivity index is 2.08. The Bertz CT molecular complexity index is 1210. The molecule has 13 atom stereocenters. The largest absolute Gasteiger partial charge is 0.455 e. The molecule has 2 aliphatic rings. The van der Waals surface area contributed by atoms with Crippen molar-refractivity contribution in [3.05, 3.63) is 60.8 Å². The van der Waals surface area contributed by atoms with Crippen molar-refractivity contribution in [2.75, 3.05) is 0 Å². The van der Waals surface area contributed by atoms with Crippen molar-refractivity contribution >= 4 is 11.8 Å². The van der Waals surface area contributed by atoms with Gasteiger partial charge in [-0.1, -0.05) is 71.1 Å². The van der Waals surface area contributed by atoms with E-state index in [4.69, 9.17) is 14.2 Å². The Labute approximate surface area is 306 Å². The van der Waals surface area contributed by atoms with Crippen LogP contribution >= 0.6 is 0 Å². The van der Waals surface area contributed by atoms with E-state index in [1.54, 1.807) is 25.2 Å². The molecule has 0 bridgehead atoms. The molecule has 2 heterocycles. The first kappa shape index (κ1) is 44.7. The normalized spacial score (nSPS) is 27.3. The summed E-state index contributed by atoms with van der Waals surface area (Å²) in [4.78, 5) is 26.2. The van der Waals surface area contributed by atoms with E-state index in [-0.39, 0.29) is 49.4 Å². The molecule has 290 valence electrons. The van der Waals surface area contributed by atoms with Gasteiger partial charge in [0.1, 0.15) is 24.1 Å². The van der Waals surface area contributed by atoms with Crippen LogP contribution in [-0.4, -0.2) is 98.3 Å². The highest BCUT2D eigenvalue weighted by atomic mass is 16.6. The standard InChI is InChI=1S/C41H66O10/c1-10-12-14-25(5)39(46)26(6)15-13-16-34(51-38(45)23-36-27(7)21-37(50-36)41(48)32(43)11-2)35-20-18-31(49-35)22-30(42)17-19-33(44)29(9)40(47)28(8)24(3)4/h11,13,15-16,27-29,31-37,39-41,43-44,46-48H,2-3,5,10,12,14,17-23H2,1,4,6-9H3/b16-13+,26-15+/t27-,28+,29+,31-,32+,33+,34+,35+,36+,37-,39+,40-,41-/m1/s1. The number of carbonyl (C=O) groups is 2. The second-order valence-electron chi connectivity index (χ2n) is 15.0. The van der Waals surface area contributed by atoms with Crippen LogP contribution in [0.15, 0.2) is 60.8 Å². The average Bonchev–Trinajstić information content (AvgIpc) is 3.72. The van der Waals surface area contributed by atoms with Crippen LogP contribution in [0.3, 0.4) is 0 Å². The highest BCUT2D eigenvalue weighted by molar-refractivity contribution is 5.79. The Morgan fingerprint density at radius 1 is 0.980 bits per heavy atom. The first-order valence-electron chi connectivity index (χ1n) is 18.7. The van der Waals surface area contributed by atoms with E-state index in [1.165, 1.54) is 6.08 Å². The molecular formula is C41H66O10. The van der Waals surface area contributed by atoms with Crippen LogP contribution in [0.25, 0.3) is 0 Å². The van der Waals surface area contributed by atoms with E-state index in [0.29, 0.717) is 24.8 Å². The number of rotatable bonds is 23. The Morgan fingerprint density at radius 3 is 2.29 bits per heavy atom. The van der Waals surface area contributed by atoms with Gasteiger partial charge in [-0.05, 0) is 75.5 Å². The van der Waals surface area contributed by atoms with Gasteiger partial charge in [0.2, 0.25) is 0 Å². The van der Waals surface area contributed by atoms with Gasteiger partial charge in [-0.2, -0.15) is 0 Å². The maximum Gasteiger partial charge on any atom is 0.309 e. The summed E-state index contributed by atoms with van der Waals surface area (Å²) in [6, 6.07) is 0. The van der Waals surface area contributed by atoms with Gasteiger partial charge in [-0.25, -0.2) is 0 Å². The number of unbranched alkanes of at least 4 members (excludes halogenated alkanes) is 1. The third-order valence-electron chi connectivity index (χ3n) is 10.6. The number of aliphatic hydroxyl groups is 5. The van der Waals surface area contributed by atoms with Crippen LogP contribution in [0.4, 0.5) is 0 Å². The molecule has 0 aliphatic carbocycles. The predicted molar refractivity (Wildman–Crippen MR) is 199 cm³/mol. The summed E-state index contributed by atoms with van der Waals surface area (Å²) >= 11 is 0.